The maximum absolute atomic E-state index is 13.0. The highest BCUT2D eigenvalue weighted by Gasteiger charge is 2.21. The van der Waals surface area contributed by atoms with Crippen molar-refractivity contribution in [3.8, 4) is 0 Å². The summed E-state index contributed by atoms with van der Waals surface area (Å²) < 4.78 is 13.0. The molecule has 0 saturated carbocycles. The fraction of sp³-hybridized carbons (Fsp3) is 0.500. The Labute approximate surface area is 117 Å². The third kappa shape index (κ3) is 3.28. The van der Waals surface area contributed by atoms with Crippen LogP contribution in [0, 0.1) is 0 Å². The van der Waals surface area contributed by atoms with Gasteiger partial charge in [0.2, 0.25) is 0 Å². The van der Waals surface area contributed by atoms with Crippen molar-refractivity contribution >= 4 is 22.6 Å². The van der Waals surface area contributed by atoms with E-state index in [1.807, 2.05) is 12.1 Å². The number of alkyl halides is 1. The summed E-state index contributed by atoms with van der Waals surface area (Å²) in [6, 6.07) is 8.25. The average molecular weight is 279 g/mol. The van der Waals surface area contributed by atoms with E-state index in [9.17, 15) is 4.39 Å². The maximum Gasteiger partial charge on any atom is 0.161 e. The Morgan fingerprint density at radius 2 is 2.32 bits per heavy atom. The molecular weight excluding hydrogens is 261 g/mol. The Hall–Kier alpha value is -1.07. The molecule has 2 heterocycles. The van der Waals surface area contributed by atoms with E-state index in [1.165, 1.54) is 5.56 Å². The zero-order valence-electron chi connectivity index (χ0n) is 10.8. The van der Waals surface area contributed by atoms with E-state index in [-0.39, 0.29) is 0 Å². The highest BCUT2D eigenvalue weighted by Crippen LogP contribution is 2.23. The standard InChI is InChI=1S/C14H18FN3S/c15-12-5-6-18(10-12)7-8-19-14-16-9-11-3-1-2-4-13(11)17-14/h1-4,12H,5-10H2,(H,16,17)/t12-/m1/s1. The van der Waals surface area contributed by atoms with Gasteiger partial charge in [0.1, 0.15) is 6.17 Å². The van der Waals surface area contributed by atoms with Crippen LogP contribution in [0.4, 0.5) is 10.1 Å². The number of halogens is 1. The number of rotatable bonds is 3. The molecule has 5 heteroatoms. The Morgan fingerprint density at radius 1 is 1.42 bits per heavy atom. The molecule has 1 atom stereocenters. The van der Waals surface area contributed by atoms with Gasteiger partial charge in [-0.1, -0.05) is 30.0 Å². The molecule has 1 saturated heterocycles. The van der Waals surface area contributed by atoms with Crippen molar-refractivity contribution in [3.05, 3.63) is 29.8 Å². The molecule has 0 radical (unpaired) electrons. The summed E-state index contributed by atoms with van der Waals surface area (Å²) in [5.41, 5.74) is 2.40. The van der Waals surface area contributed by atoms with Crippen LogP contribution in [-0.2, 0) is 6.54 Å². The Kier molecular flexibility index (Phi) is 4.03. The van der Waals surface area contributed by atoms with E-state index < -0.39 is 6.17 Å². The summed E-state index contributed by atoms with van der Waals surface area (Å²) >= 11 is 1.72. The molecule has 2 aliphatic rings. The molecule has 0 bridgehead atoms. The summed E-state index contributed by atoms with van der Waals surface area (Å²) in [5, 5.41) is 4.33. The van der Waals surface area contributed by atoms with Crippen LogP contribution < -0.4 is 5.32 Å². The van der Waals surface area contributed by atoms with Gasteiger partial charge in [-0.05, 0) is 18.1 Å². The molecule has 2 aliphatic heterocycles. The number of hydrogen-bond donors (Lipinski definition) is 1. The number of benzene rings is 1. The first-order valence-electron chi connectivity index (χ1n) is 6.70. The molecule has 0 spiro atoms. The van der Waals surface area contributed by atoms with Crippen molar-refractivity contribution in [2.75, 3.05) is 30.7 Å². The van der Waals surface area contributed by atoms with E-state index in [2.05, 4.69) is 27.3 Å². The summed E-state index contributed by atoms with van der Waals surface area (Å²) in [5.74, 6) is 0.959. The summed E-state index contributed by atoms with van der Waals surface area (Å²) in [7, 11) is 0. The van der Waals surface area contributed by atoms with E-state index in [0.29, 0.717) is 13.0 Å². The fourth-order valence-corrected chi connectivity index (χ4v) is 3.31. The van der Waals surface area contributed by atoms with Gasteiger partial charge in [0.15, 0.2) is 5.17 Å². The van der Waals surface area contributed by atoms with Crippen molar-refractivity contribution < 1.29 is 4.39 Å². The first kappa shape index (κ1) is 12.9. The lowest BCUT2D eigenvalue weighted by atomic mass is 10.1. The summed E-state index contributed by atoms with van der Waals surface area (Å²) in [6.07, 6.45) is 0.0686. The molecule has 3 nitrogen and oxygen atoms in total. The zero-order chi connectivity index (χ0) is 13.1. The third-order valence-electron chi connectivity index (χ3n) is 3.51. The van der Waals surface area contributed by atoms with Crippen LogP contribution in [0.15, 0.2) is 29.3 Å². The van der Waals surface area contributed by atoms with Gasteiger partial charge in [0.25, 0.3) is 0 Å². The second kappa shape index (κ2) is 5.92. The molecule has 0 aliphatic carbocycles. The van der Waals surface area contributed by atoms with Gasteiger partial charge in [0.05, 0.1) is 6.54 Å². The maximum atomic E-state index is 13.0. The minimum absolute atomic E-state index is 0.600. The Balaban J connectivity index is 1.46. The van der Waals surface area contributed by atoms with Crippen LogP contribution in [0.2, 0.25) is 0 Å². The van der Waals surface area contributed by atoms with Crippen molar-refractivity contribution in [3.63, 3.8) is 0 Å². The zero-order valence-corrected chi connectivity index (χ0v) is 11.6. The molecule has 1 N–H and O–H groups in total. The molecule has 3 rings (SSSR count). The van der Waals surface area contributed by atoms with Gasteiger partial charge in [-0.2, -0.15) is 0 Å². The Bertz CT molecular complexity index is 478. The quantitative estimate of drug-likeness (QED) is 0.922. The topological polar surface area (TPSA) is 27.6 Å². The molecule has 19 heavy (non-hydrogen) atoms. The van der Waals surface area contributed by atoms with Gasteiger partial charge in [-0.15, -0.1) is 0 Å². The number of hydrogen-bond acceptors (Lipinski definition) is 4. The summed E-state index contributed by atoms with van der Waals surface area (Å²) in [6.45, 7) is 3.18. The van der Waals surface area contributed by atoms with E-state index in [0.717, 1.165) is 36.2 Å². The number of nitrogens with zero attached hydrogens (tertiary/aromatic N) is 2. The SMILES string of the molecule is F[C@@H]1CCN(CCSC2=NCc3ccccc3N2)C1. The number of fused-ring (bicyclic) bond motifs is 1. The Morgan fingerprint density at radius 3 is 3.16 bits per heavy atom. The lowest BCUT2D eigenvalue weighted by Gasteiger charge is -2.19. The smallest absolute Gasteiger partial charge is 0.161 e. The van der Waals surface area contributed by atoms with Gasteiger partial charge in [0, 0.05) is 31.1 Å². The normalized spacial score (nSPS) is 22.8. The van der Waals surface area contributed by atoms with Crippen LogP contribution in [0.5, 0.6) is 0 Å². The van der Waals surface area contributed by atoms with Gasteiger partial charge >= 0.3 is 0 Å². The first-order valence-corrected chi connectivity index (χ1v) is 7.68. The largest absolute Gasteiger partial charge is 0.335 e. The van der Waals surface area contributed by atoms with Gasteiger partial charge in [-0.3, -0.25) is 9.89 Å². The van der Waals surface area contributed by atoms with Crippen LogP contribution in [0.3, 0.4) is 0 Å². The molecule has 1 aromatic rings. The van der Waals surface area contributed by atoms with Gasteiger partial charge in [-0.25, -0.2) is 4.39 Å². The number of nitrogens with one attached hydrogen (secondary N) is 1. The van der Waals surface area contributed by atoms with Crippen molar-refractivity contribution in [1.82, 2.24) is 4.90 Å². The number of thioether (sulfide) groups is 1. The first-order chi connectivity index (χ1) is 9.31. The predicted octanol–water partition coefficient (Wildman–Crippen LogP) is 2.75. The van der Waals surface area contributed by atoms with Crippen LogP contribution in [0.25, 0.3) is 0 Å². The number of anilines is 1. The summed E-state index contributed by atoms with van der Waals surface area (Å²) in [4.78, 5) is 6.72. The molecular formula is C14H18FN3S. The monoisotopic (exact) mass is 279 g/mol. The molecule has 0 unspecified atom stereocenters. The van der Waals surface area contributed by atoms with Crippen molar-refractivity contribution in [1.29, 1.82) is 0 Å². The lowest BCUT2D eigenvalue weighted by molar-refractivity contribution is 0.299. The van der Waals surface area contributed by atoms with E-state index >= 15 is 0 Å². The van der Waals surface area contributed by atoms with Crippen molar-refractivity contribution in [2.24, 2.45) is 4.99 Å². The highest BCUT2D eigenvalue weighted by molar-refractivity contribution is 8.14. The number of amidine groups is 1. The lowest BCUT2D eigenvalue weighted by Crippen LogP contribution is -2.25. The average Bonchev–Trinajstić information content (AvgIpc) is 2.84. The fourth-order valence-electron chi connectivity index (χ4n) is 2.43. The molecule has 0 aromatic heterocycles. The third-order valence-corrected chi connectivity index (χ3v) is 4.40. The number of aliphatic imine (C=N–C) groups is 1. The minimum Gasteiger partial charge on any atom is -0.335 e. The molecule has 1 aromatic carbocycles. The van der Waals surface area contributed by atoms with E-state index in [1.54, 1.807) is 11.8 Å². The molecule has 0 amide bonds. The number of likely N-dealkylation sites (tertiary alicyclic amines) is 1. The van der Waals surface area contributed by atoms with Crippen LogP contribution in [0.1, 0.15) is 12.0 Å². The second-order valence-corrected chi connectivity index (χ2v) is 6.02. The van der Waals surface area contributed by atoms with Crippen LogP contribution >= 0.6 is 11.8 Å². The minimum atomic E-state index is -0.623. The second-order valence-electron chi connectivity index (χ2n) is 4.94. The van der Waals surface area contributed by atoms with E-state index in [4.69, 9.17) is 0 Å². The molecule has 102 valence electrons. The van der Waals surface area contributed by atoms with Crippen LogP contribution in [-0.4, -0.2) is 41.6 Å². The number of para-hydroxylation sites is 1. The van der Waals surface area contributed by atoms with Crippen molar-refractivity contribution in [2.45, 2.75) is 19.1 Å². The predicted molar refractivity (Wildman–Crippen MR) is 79.6 cm³/mol. The highest BCUT2D eigenvalue weighted by atomic mass is 32.2. The van der Waals surface area contributed by atoms with Gasteiger partial charge < -0.3 is 5.32 Å². The molecule has 1 fully saturated rings.